The zero-order chi connectivity index (χ0) is 24.2. The molecule has 2 aromatic heterocycles. The van der Waals surface area contributed by atoms with E-state index in [0.29, 0.717) is 17.5 Å². The van der Waals surface area contributed by atoms with Crippen LogP contribution in [0.15, 0.2) is 134 Å². The lowest BCUT2D eigenvalue weighted by atomic mass is 9.97. The van der Waals surface area contributed by atoms with E-state index in [1.165, 1.54) is 0 Å². The molecule has 170 valence electrons. The molecule has 4 aromatic carbocycles. The number of benzene rings is 4. The Balaban J connectivity index is 1.58. The van der Waals surface area contributed by atoms with Crippen molar-refractivity contribution < 1.29 is 0 Å². The Labute approximate surface area is 210 Å². The molecule has 0 amide bonds. The van der Waals surface area contributed by atoms with Crippen molar-refractivity contribution in [2.24, 2.45) is 0 Å². The van der Waals surface area contributed by atoms with Gasteiger partial charge in [-0.15, -0.1) is 0 Å². The Kier molecular flexibility index (Phi) is 5.83. The lowest BCUT2D eigenvalue weighted by Gasteiger charge is -2.12. The summed E-state index contributed by atoms with van der Waals surface area (Å²) >= 11 is 0. The molecule has 4 heteroatoms. The Bertz CT molecular complexity index is 1360. The Morgan fingerprint density at radius 3 is 1.31 bits per heavy atom. The second-order valence-electron chi connectivity index (χ2n) is 8.42. The zero-order valence-electron chi connectivity index (χ0n) is 19.5. The summed E-state index contributed by atoms with van der Waals surface area (Å²) in [6, 6.07) is 42.8. The number of rotatable bonds is 5. The van der Waals surface area contributed by atoms with E-state index in [1.54, 1.807) is 0 Å². The average Bonchev–Trinajstić information content (AvgIpc) is 2.98. The predicted molar refractivity (Wildman–Crippen MR) is 145 cm³/mol. The summed E-state index contributed by atoms with van der Waals surface area (Å²) in [7, 11) is 0. The molecule has 36 heavy (non-hydrogen) atoms. The first kappa shape index (κ1) is 21.6. The molecule has 0 fully saturated rings. The third kappa shape index (κ3) is 4.52. The lowest BCUT2D eigenvalue weighted by Crippen LogP contribution is -2.00. The summed E-state index contributed by atoms with van der Waals surface area (Å²) in [6.07, 6.45) is 1.81. The normalized spacial score (nSPS) is 10.8. The second-order valence-corrected chi connectivity index (χ2v) is 8.42. The molecule has 0 spiro atoms. The molecule has 0 unspecified atom stereocenters. The van der Waals surface area contributed by atoms with Gasteiger partial charge in [0.15, 0.2) is 17.5 Å². The molecular formula is C32H22N4. The van der Waals surface area contributed by atoms with Gasteiger partial charge in [0, 0.05) is 28.5 Å². The molecule has 0 N–H and O–H groups in total. The van der Waals surface area contributed by atoms with Gasteiger partial charge in [-0.2, -0.15) is 0 Å². The van der Waals surface area contributed by atoms with Crippen molar-refractivity contribution in [1.29, 1.82) is 0 Å². The van der Waals surface area contributed by atoms with Gasteiger partial charge in [-0.25, -0.2) is 15.0 Å². The summed E-state index contributed by atoms with van der Waals surface area (Å²) < 4.78 is 0. The van der Waals surface area contributed by atoms with E-state index in [0.717, 1.165) is 39.1 Å². The van der Waals surface area contributed by atoms with Crippen LogP contribution in [0.25, 0.3) is 56.5 Å². The van der Waals surface area contributed by atoms with Crippen molar-refractivity contribution >= 4 is 0 Å². The van der Waals surface area contributed by atoms with Crippen LogP contribution in [0.3, 0.4) is 0 Å². The van der Waals surface area contributed by atoms with Crippen LogP contribution in [0.5, 0.6) is 0 Å². The van der Waals surface area contributed by atoms with E-state index in [-0.39, 0.29) is 0 Å². The highest BCUT2D eigenvalue weighted by atomic mass is 15.0. The van der Waals surface area contributed by atoms with Crippen LogP contribution in [0.4, 0.5) is 0 Å². The van der Waals surface area contributed by atoms with Crippen molar-refractivity contribution in [2.45, 2.75) is 0 Å². The van der Waals surface area contributed by atoms with Gasteiger partial charge in [0.05, 0.1) is 5.69 Å². The molecule has 0 radical (unpaired) electrons. The number of hydrogen-bond donors (Lipinski definition) is 0. The van der Waals surface area contributed by atoms with Crippen molar-refractivity contribution in [3.05, 3.63) is 134 Å². The molecule has 0 aliphatic carbocycles. The minimum absolute atomic E-state index is 0.623. The van der Waals surface area contributed by atoms with Gasteiger partial charge in [0.2, 0.25) is 0 Å². The number of nitrogens with zero attached hydrogens (tertiary/aromatic N) is 4. The highest BCUT2D eigenvalue weighted by Crippen LogP contribution is 2.32. The van der Waals surface area contributed by atoms with Gasteiger partial charge in [-0.05, 0) is 41.5 Å². The molecule has 0 aliphatic heterocycles. The SMILES string of the molecule is c1ccc(-c2cc(-c3ccccn3)cc(-c3nc(-c4ccccc4)nc(-c4ccccc4)n3)c2)cc1. The maximum absolute atomic E-state index is 4.93. The van der Waals surface area contributed by atoms with Gasteiger partial charge in [-0.3, -0.25) is 4.98 Å². The Morgan fingerprint density at radius 2 is 0.778 bits per heavy atom. The Morgan fingerprint density at radius 1 is 0.333 bits per heavy atom. The van der Waals surface area contributed by atoms with Gasteiger partial charge in [0.25, 0.3) is 0 Å². The van der Waals surface area contributed by atoms with E-state index in [2.05, 4.69) is 35.3 Å². The molecule has 0 saturated carbocycles. The molecule has 6 aromatic rings. The minimum Gasteiger partial charge on any atom is -0.256 e. The largest absolute Gasteiger partial charge is 0.256 e. The maximum Gasteiger partial charge on any atom is 0.164 e. The molecule has 0 bridgehead atoms. The molecule has 6 rings (SSSR count). The molecular weight excluding hydrogens is 440 g/mol. The van der Waals surface area contributed by atoms with Crippen LogP contribution in [0.2, 0.25) is 0 Å². The molecule has 0 saturated heterocycles. The van der Waals surface area contributed by atoms with Gasteiger partial charge < -0.3 is 0 Å². The van der Waals surface area contributed by atoms with E-state index in [9.17, 15) is 0 Å². The highest BCUT2D eigenvalue weighted by Gasteiger charge is 2.14. The van der Waals surface area contributed by atoms with E-state index in [4.69, 9.17) is 15.0 Å². The minimum atomic E-state index is 0.623. The molecule has 0 aliphatic rings. The lowest BCUT2D eigenvalue weighted by molar-refractivity contribution is 1.07. The first-order chi connectivity index (χ1) is 17.8. The van der Waals surface area contributed by atoms with Crippen LogP contribution in [0, 0.1) is 0 Å². The third-order valence-corrected chi connectivity index (χ3v) is 5.96. The quantitative estimate of drug-likeness (QED) is 0.265. The van der Waals surface area contributed by atoms with E-state index >= 15 is 0 Å². The summed E-state index contributed by atoms with van der Waals surface area (Å²) in [4.78, 5) is 19.3. The maximum atomic E-state index is 4.93. The fourth-order valence-corrected chi connectivity index (χ4v) is 4.17. The van der Waals surface area contributed by atoms with E-state index in [1.807, 2.05) is 103 Å². The van der Waals surface area contributed by atoms with Crippen LogP contribution in [0.1, 0.15) is 0 Å². The van der Waals surface area contributed by atoms with Gasteiger partial charge >= 0.3 is 0 Å². The molecule has 4 nitrogen and oxygen atoms in total. The summed E-state index contributed by atoms with van der Waals surface area (Å²) in [6.45, 7) is 0. The van der Waals surface area contributed by atoms with Crippen LogP contribution in [-0.2, 0) is 0 Å². The van der Waals surface area contributed by atoms with E-state index < -0.39 is 0 Å². The summed E-state index contributed by atoms with van der Waals surface area (Å²) in [5.41, 5.74) is 6.92. The van der Waals surface area contributed by atoms with Gasteiger partial charge in [0.1, 0.15) is 0 Å². The summed E-state index contributed by atoms with van der Waals surface area (Å²) in [5.74, 6) is 1.91. The first-order valence-electron chi connectivity index (χ1n) is 11.8. The van der Waals surface area contributed by atoms with Crippen molar-refractivity contribution in [3.63, 3.8) is 0 Å². The van der Waals surface area contributed by atoms with Crippen LogP contribution >= 0.6 is 0 Å². The fraction of sp³-hybridized carbons (Fsp3) is 0. The summed E-state index contributed by atoms with van der Waals surface area (Å²) in [5, 5.41) is 0. The van der Waals surface area contributed by atoms with Crippen LogP contribution < -0.4 is 0 Å². The number of hydrogen-bond acceptors (Lipinski definition) is 4. The van der Waals surface area contributed by atoms with Crippen LogP contribution in [-0.4, -0.2) is 19.9 Å². The number of aromatic nitrogens is 4. The smallest absolute Gasteiger partial charge is 0.164 e. The van der Waals surface area contributed by atoms with Crippen molar-refractivity contribution in [2.75, 3.05) is 0 Å². The second kappa shape index (κ2) is 9.72. The fourth-order valence-electron chi connectivity index (χ4n) is 4.17. The standard InChI is InChI=1S/C32H22N4/c1-4-12-23(13-5-1)26-20-27(29-18-10-11-19-33-29)22-28(21-26)32-35-30(24-14-6-2-7-15-24)34-31(36-32)25-16-8-3-9-17-25/h1-22H. The van der Waals surface area contributed by atoms with Crippen molar-refractivity contribution in [1.82, 2.24) is 19.9 Å². The van der Waals surface area contributed by atoms with Crippen molar-refractivity contribution in [3.8, 4) is 56.5 Å². The van der Waals surface area contributed by atoms with Gasteiger partial charge in [-0.1, -0.05) is 97.1 Å². The topological polar surface area (TPSA) is 51.6 Å². The average molecular weight is 463 g/mol. The number of pyridine rings is 1. The first-order valence-corrected chi connectivity index (χ1v) is 11.8. The molecule has 0 atom stereocenters. The predicted octanol–water partition coefficient (Wildman–Crippen LogP) is 7.60. The third-order valence-electron chi connectivity index (χ3n) is 5.96. The highest BCUT2D eigenvalue weighted by molar-refractivity contribution is 5.79. The monoisotopic (exact) mass is 462 g/mol. The molecule has 2 heterocycles. The Hall–Kier alpha value is -4.96. The zero-order valence-corrected chi connectivity index (χ0v) is 19.5.